The maximum atomic E-state index is 5.73. The Hall–Kier alpha value is -1.43. The number of hydrogen-bond donors (Lipinski definition) is 2. The summed E-state index contributed by atoms with van der Waals surface area (Å²) in [5.41, 5.74) is 5.73. The lowest BCUT2D eigenvalue weighted by Crippen LogP contribution is -1.86. The van der Waals surface area contributed by atoms with Crippen LogP contribution in [0.2, 0.25) is 0 Å². The zero-order valence-corrected chi connectivity index (χ0v) is 8.80. The first-order valence-electron chi connectivity index (χ1n) is 4.14. The van der Waals surface area contributed by atoms with Crippen LogP contribution in [-0.2, 0) is 7.05 Å². The van der Waals surface area contributed by atoms with E-state index in [1.165, 1.54) is 11.8 Å². The molecule has 0 spiro atoms. The number of aryl methyl sites for hydroxylation is 2. The lowest BCUT2D eigenvalue weighted by atomic mass is 10.7. The topological polar surface area (TPSA) is 72.5 Å². The van der Waals surface area contributed by atoms with E-state index in [9.17, 15) is 0 Å². The largest absolute Gasteiger partial charge is 0.383 e. The Morgan fingerprint density at radius 2 is 2.36 bits per heavy atom. The molecule has 0 aromatic carbocycles. The van der Waals surface area contributed by atoms with Crippen molar-refractivity contribution in [3.05, 3.63) is 18.2 Å². The molecular formula is C8H11N5S. The minimum absolute atomic E-state index is 0.608. The summed E-state index contributed by atoms with van der Waals surface area (Å²) in [5.74, 6) is 1.44. The number of nitrogens with one attached hydrogen (secondary N) is 1. The Bertz CT molecular complexity index is 444. The standard InChI is InChI=1S/C8H11N5S/c1-5-11-7(9)8(12-5)14-6-3-10-13(2)4-6/h3-4H,9H2,1-2H3,(H,11,12). The second-order valence-corrected chi connectivity index (χ2v) is 4.06. The summed E-state index contributed by atoms with van der Waals surface area (Å²) < 4.78 is 1.75. The van der Waals surface area contributed by atoms with Gasteiger partial charge in [-0.2, -0.15) is 5.10 Å². The zero-order valence-electron chi connectivity index (χ0n) is 7.98. The first kappa shape index (κ1) is 9.14. The Morgan fingerprint density at radius 3 is 2.86 bits per heavy atom. The lowest BCUT2D eigenvalue weighted by Gasteiger charge is -1.92. The summed E-state index contributed by atoms with van der Waals surface area (Å²) in [7, 11) is 1.88. The summed E-state index contributed by atoms with van der Waals surface area (Å²) in [5, 5.41) is 4.87. The third-order valence-corrected chi connectivity index (χ3v) is 2.66. The van der Waals surface area contributed by atoms with Gasteiger partial charge in [0.2, 0.25) is 0 Å². The minimum Gasteiger partial charge on any atom is -0.383 e. The molecule has 0 aliphatic carbocycles. The molecule has 0 fully saturated rings. The van der Waals surface area contributed by atoms with Crippen LogP contribution in [0.15, 0.2) is 22.3 Å². The van der Waals surface area contributed by atoms with E-state index < -0.39 is 0 Å². The number of nitrogens with two attached hydrogens (primary N) is 1. The van der Waals surface area contributed by atoms with Gasteiger partial charge in [-0.05, 0) is 6.92 Å². The maximum absolute atomic E-state index is 5.73. The molecule has 0 radical (unpaired) electrons. The van der Waals surface area contributed by atoms with E-state index in [0.29, 0.717) is 5.82 Å². The van der Waals surface area contributed by atoms with Crippen molar-refractivity contribution in [2.75, 3.05) is 5.73 Å². The van der Waals surface area contributed by atoms with E-state index in [1.54, 1.807) is 10.9 Å². The van der Waals surface area contributed by atoms with Gasteiger partial charge in [0, 0.05) is 13.2 Å². The van der Waals surface area contributed by atoms with Crippen LogP contribution in [0.3, 0.4) is 0 Å². The summed E-state index contributed by atoms with van der Waals surface area (Å²) in [4.78, 5) is 8.25. The van der Waals surface area contributed by atoms with E-state index >= 15 is 0 Å². The van der Waals surface area contributed by atoms with Crippen LogP contribution < -0.4 is 5.73 Å². The second-order valence-electron chi connectivity index (χ2n) is 2.99. The number of H-pyrrole nitrogens is 1. The Balaban J connectivity index is 2.22. The number of rotatable bonds is 2. The lowest BCUT2D eigenvalue weighted by molar-refractivity contribution is 0.766. The minimum atomic E-state index is 0.608. The third-order valence-electron chi connectivity index (χ3n) is 1.71. The molecule has 2 heterocycles. The monoisotopic (exact) mass is 209 g/mol. The number of hydrogen-bond acceptors (Lipinski definition) is 4. The fourth-order valence-electron chi connectivity index (χ4n) is 1.13. The maximum Gasteiger partial charge on any atom is 0.143 e. The molecule has 0 atom stereocenters. The van der Waals surface area contributed by atoms with Crippen LogP contribution in [0.4, 0.5) is 5.82 Å². The second kappa shape index (κ2) is 3.38. The first-order valence-corrected chi connectivity index (χ1v) is 4.95. The SMILES string of the molecule is Cc1nc(Sc2cnn(C)c2)c(N)[nH]1. The normalized spacial score (nSPS) is 10.7. The van der Waals surface area contributed by atoms with Gasteiger partial charge in [0.05, 0.1) is 11.1 Å². The van der Waals surface area contributed by atoms with Crippen LogP contribution in [0.1, 0.15) is 5.82 Å². The molecular weight excluding hydrogens is 198 g/mol. The highest BCUT2D eigenvalue weighted by Gasteiger charge is 2.07. The van der Waals surface area contributed by atoms with Crippen LogP contribution in [-0.4, -0.2) is 19.7 Å². The van der Waals surface area contributed by atoms with E-state index in [-0.39, 0.29) is 0 Å². The van der Waals surface area contributed by atoms with Crippen molar-refractivity contribution in [2.24, 2.45) is 7.05 Å². The number of aromatic nitrogens is 4. The van der Waals surface area contributed by atoms with Gasteiger partial charge in [-0.1, -0.05) is 11.8 Å². The van der Waals surface area contributed by atoms with Crippen LogP contribution >= 0.6 is 11.8 Å². The van der Waals surface area contributed by atoms with Gasteiger partial charge in [-0.15, -0.1) is 0 Å². The molecule has 0 amide bonds. The average molecular weight is 209 g/mol. The molecule has 14 heavy (non-hydrogen) atoms. The van der Waals surface area contributed by atoms with E-state index in [2.05, 4.69) is 15.1 Å². The molecule has 0 saturated carbocycles. The number of aromatic amines is 1. The van der Waals surface area contributed by atoms with E-state index in [0.717, 1.165) is 15.7 Å². The summed E-state index contributed by atoms with van der Waals surface area (Å²) in [6.07, 6.45) is 3.71. The summed E-state index contributed by atoms with van der Waals surface area (Å²) >= 11 is 1.51. The number of nitrogens with zero attached hydrogens (tertiary/aromatic N) is 3. The highest BCUT2D eigenvalue weighted by atomic mass is 32.2. The highest BCUT2D eigenvalue weighted by molar-refractivity contribution is 7.99. The Labute approximate surface area is 85.7 Å². The molecule has 0 unspecified atom stereocenters. The molecule has 3 N–H and O–H groups in total. The van der Waals surface area contributed by atoms with Crippen LogP contribution in [0, 0.1) is 6.92 Å². The van der Waals surface area contributed by atoms with Gasteiger partial charge in [0.25, 0.3) is 0 Å². The van der Waals surface area contributed by atoms with E-state index in [1.807, 2.05) is 20.2 Å². The summed E-state index contributed by atoms with van der Waals surface area (Å²) in [6.45, 7) is 1.88. The Morgan fingerprint density at radius 1 is 1.57 bits per heavy atom. The van der Waals surface area contributed by atoms with Gasteiger partial charge >= 0.3 is 0 Å². The first-order chi connectivity index (χ1) is 6.65. The van der Waals surface area contributed by atoms with Crippen molar-refractivity contribution in [2.45, 2.75) is 16.8 Å². The van der Waals surface area contributed by atoms with Crippen molar-refractivity contribution < 1.29 is 0 Å². The molecule has 0 bridgehead atoms. The molecule has 5 nitrogen and oxygen atoms in total. The number of anilines is 1. The molecule has 2 aromatic heterocycles. The van der Waals surface area contributed by atoms with Crippen molar-refractivity contribution in [1.29, 1.82) is 0 Å². The van der Waals surface area contributed by atoms with Crippen molar-refractivity contribution >= 4 is 17.6 Å². The zero-order chi connectivity index (χ0) is 10.1. The summed E-state index contributed by atoms with van der Waals surface area (Å²) in [6, 6.07) is 0. The predicted octanol–water partition coefficient (Wildman–Crippen LogP) is 1.19. The molecule has 2 aromatic rings. The average Bonchev–Trinajstić information content (AvgIpc) is 2.61. The fourth-order valence-corrected chi connectivity index (χ4v) is 2.00. The van der Waals surface area contributed by atoms with E-state index in [4.69, 9.17) is 5.73 Å². The van der Waals surface area contributed by atoms with Gasteiger partial charge in [0.1, 0.15) is 16.7 Å². The Kier molecular flexibility index (Phi) is 2.20. The molecule has 6 heteroatoms. The number of nitrogen functional groups attached to an aromatic ring is 1. The molecule has 74 valence electrons. The number of imidazole rings is 1. The highest BCUT2D eigenvalue weighted by Crippen LogP contribution is 2.29. The van der Waals surface area contributed by atoms with Gasteiger partial charge < -0.3 is 10.7 Å². The van der Waals surface area contributed by atoms with Crippen LogP contribution in [0.5, 0.6) is 0 Å². The van der Waals surface area contributed by atoms with Gasteiger partial charge in [-0.25, -0.2) is 4.98 Å². The quantitative estimate of drug-likeness (QED) is 0.779. The van der Waals surface area contributed by atoms with Crippen molar-refractivity contribution in [3.8, 4) is 0 Å². The third kappa shape index (κ3) is 1.74. The van der Waals surface area contributed by atoms with Gasteiger partial charge in [0.15, 0.2) is 0 Å². The molecule has 0 aliphatic heterocycles. The predicted molar refractivity (Wildman–Crippen MR) is 55.1 cm³/mol. The molecule has 0 saturated heterocycles. The fraction of sp³-hybridized carbons (Fsp3) is 0.250. The van der Waals surface area contributed by atoms with Crippen LogP contribution in [0.25, 0.3) is 0 Å². The van der Waals surface area contributed by atoms with Gasteiger partial charge in [-0.3, -0.25) is 4.68 Å². The van der Waals surface area contributed by atoms with Crippen molar-refractivity contribution in [1.82, 2.24) is 19.7 Å². The molecule has 2 rings (SSSR count). The van der Waals surface area contributed by atoms with Crippen molar-refractivity contribution in [3.63, 3.8) is 0 Å². The smallest absolute Gasteiger partial charge is 0.143 e. The molecule has 0 aliphatic rings.